The summed E-state index contributed by atoms with van der Waals surface area (Å²) in [5.41, 5.74) is 1.17. The van der Waals surface area contributed by atoms with Gasteiger partial charge >= 0.3 is 0 Å². The highest BCUT2D eigenvalue weighted by Gasteiger charge is 2.26. The quantitative estimate of drug-likeness (QED) is 0.767. The fourth-order valence-electron chi connectivity index (χ4n) is 2.55. The summed E-state index contributed by atoms with van der Waals surface area (Å²) in [6.45, 7) is 6.36. The summed E-state index contributed by atoms with van der Waals surface area (Å²) in [7, 11) is -3.10. The van der Waals surface area contributed by atoms with Crippen LogP contribution in [-0.2, 0) is 10.0 Å². The second-order valence-corrected chi connectivity index (χ2v) is 7.33. The first-order chi connectivity index (χ1) is 10.1. The van der Waals surface area contributed by atoms with E-state index in [4.69, 9.17) is 0 Å². The minimum atomic E-state index is -3.10. The van der Waals surface area contributed by atoms with Crippen molar-refractivity contribution in [1.82, 2.24) is 9.62 Å². The topological polar surface area (TPSA) is 52.7 Å². The van der Waals surface area contributed by atoms with Gasteiger partial charge in [-0.1, -0.05) is 25.1 Å². The zero-order chi connectivity index (χ0) is 15.1. The summed E-state index contributed by atoms with van der Waals surface area (Å²) < 4.78 is 26.2. The van der Waals surface area contributed by atoms with Gasteiger partial charge in [0.25, 0.3) is 0 Å². The summed E-state index contributed by atoms with van der Waals surface area (Å²) in [6, 6.07) is 10.2. The van der Waals surface area contributed by atoms with Crippen molar-refractivity contribution in [2.24, 2.45) is 0 Å². The van der Waals surface area contributed by atoms with Crippen molar-refractivity contribution in [3.8, 4) is 0 Å². The largest absolute Gasteiger partial charge is 0.369 e. The van der Waals surface area contributed by atoms with E-state index in [0.29, 0.717) is 19.5 Å². The van der Waals surface area contributed by atoms with Crippen LogP contribution in [0.2, 0.25) is 0 Å². The number of nitrogens with zero attached hydrogens (tertiary/aromatic N) is 2. The molecule has 1 aromatic rings. The number of para-hydroxylation sites is 1. The van der Waals surface area contributed by atoms with Crippen LogP contribution < -0.4 is 10.2 Å². The highest BCUT2D eigenvalue weighted by atomic mass is 32.2. The zero-order valence-electron chi connectivity index (χ0n) is 12.7. The normalized spacial score (nSPS) is 17.1. The van der Waals surface area contributed by atoms with Gasteiger partial charge in [-0.05, 0) is 31.6 Å². The standard InChI is InChI=1S/C15H25N3O2S/c1-2-16-9-6-14-21(19,20)18-12-10-17(11-13-18)15-7-4-3-5-8-15/h3-5,7-8,16H,2,6,9-14H2,1H3. The van der Waals surface area contributed by atoms with Crippen LogP contribution in [0.3, 0.4) is 0 Å². The monoisotopic (exact) mass is 311 g/mol. The van der Waals surface area contributed by atoms with Crippen molar-refractivity contribution >= 4 is 15.7 Å². The molecule has 1 aliphatic rings. The number of sulfonamides is 1. The van der Waals surface area contributed by atoms with E-state index in [1.165, 1.54) is 5.69 Å². The van der Waals surface area contributed by atoms with Crippen LogP contribution in [0.4, 0.5) is 5.69 Å². The molecule has 0 amide bonds. The maximum absolute atomic E-state index is 12.3. The molecule has 1 aromatic carbocycles. The molecule has 0 bridgehead atoms. The van der Waals surface area contributed by atoms with Gasteiger partial charge in [-0.2, -0.15) is 4.31 Å². The SMILES string of the molecule is CCNCCCS(=O)(=O)N1CCN(c2ccccc2)CC1. The third-order valence-electron chi connectivity index (χ3n) is 3.76. The Bertz CT molecular complexity index is 511. The second kappa shape index (κ2) is 7.77. The molecular formula is C15H25N3O2S. The Morgan fingerprint density at radius 1 is 1.10 bits per heavy atom. The van der Waals surface area contributed by atoms with Crippen LogP contribution in [-0.4, -0.2) is 57.7 Å². The van der Waals surface area contributed by atoms with Crippen LogP contribution in [0.1, 0.15) is 13.3 Å². The van der Waals surface area contributed by atoms with Crippen molar-refractivity contribution in [3.05, 3.63) is 30.3 Å². The molecule has 0 atom stereocenters. The summed E-state index contributed by atoms with van der Waals surface area (Å²) in [6.07, 6.45) is 0.676. The maximum atomic E-state index is 12.3. The van der Waals surface area contributed by atoms with Crippen LogP contribution >= 0.6 is 0 Å². The van der Waals surface area contributed by atoms with E-state index in [1.54, 1.807) is 4.31 Å². The number of hydrogen-bond acceptors (Lipinski definition) is 4. The minimum absolute atomic E-state index is 0.241. The third kappa shape index (κ3) is 4.69. The Morgan fingerprint density at radius 3 is 2.38 bits per heavy atom. The van der Waals surface area contributed by atoms with Gasteiger partial charge in [0.05, 0.1) is 5.75 Å². The Labute approximate surface area is 128 Å². The molecule has 0 aromatic heterocycles. The van der Waals surface area contributed by atoms with Gasteiger partial charge in [-0.15, -0.1) is 0 Å². The molecule has 0 spiro atoms. The zero-order valence-corrected chi connectivity index (χ0v) is 13.5. The van der Waals surface area contributed by atoms with Gasteiger partial charge in [0.15, 0.2) is 0 Å². The van der Waals surface area contributed by atoms with Crippen LogP contribution in [0.25, 0.3) is 0 Å². The molecular weight excluding hydrogens is 286 g/mol. The molecule has 2 rings (SSSR count). The molecule has 6 heteroatoms. The van der Waals surface area contributed by atoms with E-state index < -0.39 is 10.0 Å². The highest BCUT2D eigenvalue weighted by Crippen LogP contribution is 2.17. The Balaban J connectivity index is 1.83. The van der Waals surface area contributed by atoms with Crippen molar-refractivity contribution in [3.63, 3.8) is 0 Å². The van der Waals surface area contributed by atoms with Gasteiger partial charge in [0, 0.05) is 31.9 Å². The van der Waals surface area contributed by atoms with Crippen molar-refractivity contribution in [1.29, 1.82) is 0 Å². The van der Waals surface area contributed by atoms with Gasteiger partial charge in [-0.25, -0.2) is 8.42 Å². The lowest BCUT2D eigenvalue weighted by molar-refractivity contribution is 0.384. The van der Waals surface area contributed by atoms with E-state index in [0.717, 1.165) is 26.2 Å². The molecule has 1 saturated heterocycles. The van der Waals surface area contributed by atoms with Gasteiger partial charge in [-0.3, -0.25) is 0 Å². The van der Waals surface area contributed by atoms with Crippen molar-refractivity contribution in [2.75, 3.05) is 49.9 Å². The Hall–Kier alpha value is -1.11. The highest BCUT2D eigenvalue weighted by molar-refractivity contribution is 7.89. The predicted octanol–water partition coefficient (Wildman–Crippen LogP) is 1.14. The average molecular weight is 311 g/mol. The van der Waals surface area contributed by atoms with E-state index in [9.17, 15) is 8.42 Å². The fourth-order valence-corrected chi connectivity index (χ4v) is 4.04. The number of nitrogens with one attached hydrogen (secondary N) is 1. The van der Waals surface area contributed by atoms with E-state index >= 15 is 0 Å². The number of rotatable bonds is 7. The number of piperazine rings is 1. The maximum Gasteiger partial charge on any atom is 0.214 e. The molecule has 1 N–H and O–H groups in total. The molecule has 118 valence electrons. The summed E-state index contributed by atoms with van der Waals surface area (Å²) in [5.74, 6) is 0.241. The molecule has 1 heterocycles. The second-order valence-electron chi connectivity index (χ2n) is 5.24. The lowest BCUT2D eigenvalue weighted by Crippen LogP contribution is -2.49. The molecule has 1 fully saturated rings. The lowest BCUT2D eigenvalue weighted by atomic mass is 10.2. The number of benzene rings is 1. The molecule has 0 unspecified atom stereocenters. The smallest absolute Gasteiger partial charge is 0.214 e. The molecule has 0 radical (unpaired) electrons. The van der Waals surface area contributed by atoms with Gasteiger partial charge in [0.1, 0.15) is 0 Å². The van der Waals surface area contributed by atoms with Crippen LogP contribution in [0.5, 0.6) is 0 Å². The third-order valence-corrected chi connectivity index (χ3v) is 5.72. The van der Waals surface area contributed by atoms with E-state index in [-0.39, 0.29) is 5.75 Å². The van der Waals surface area contributed by atoms with Crippen molar-refractivity contribution < 1.29 is 8.42 Å². The molecule has 0 aliphatic carbocycles. The van der Waals surface area contributed by atoms with Gasteiger partial charge < -0.3 is 10.2 Å². The summed E-state index contributed by atoms with van der Waals surface area (Å²) in [4.78, 5) is 2.24. The summed E-state index contributed by atoms with van der Waals surface area (Å²) >= 11 is 0. The summed E-state index contributed by atoms with van der Waals surface area (Å²) in [5, 5.41) is 3.16. The van der Waals surface area contributed by atoms with Crippen LogP contribution in [0, 0.1) is 0 Å². The fraction of sp³-hybridized carbons (Fsp3) is 0.600. The van der Waals surface area contributed by atoms with Gasteiger partial charge in [0.2, 0.25) is 10.0 Å². The minimum Gasteiger partial charge on any atom is -0.369 e. The first-order valence-electron chi connectivity index (χ1n) is 7.62. The average Bonchev–Trinajstić information content (AvgIpc) is 2.53. The molecule has 1 aliphatic heterocycles. The van der Waals surface area contributed by atoms with E-state index in [1.807, 2.05) is 25.1 Å². The van der Waals surface area contributed by atoms with Crippen LogP contribution in [0.15, 0.2) is 30.3 Å². The number of hydrogen-bond donors (Lipinski definition) is 1. The molecule has 21 heavy (non-hydrogen) atoms. The molecule has 0 saturated carbocycles. The first-order valence-corrected chi connectivity index (χ1v) is 9.23. The lowest BCUT2D eigenvalue weighted by Gasteiger charge is -2.35. The number of anilines is 1. The van der Waals surface area contributed by atoms with Crippen molar-refractivity contribution in [2.45, 2.75) is 13.3 Å². The Morgan fingerprint density at radius 2 is 1.76 bits per heavy atom. The molecule has 5 nitrogen and oxygen atoms in total. The van der Waals surface area contributed by atoms with E-state index in [2.05, 4.69) is 22.3 Å². The predicted molar refractivity (Wildman–Crippen MR) is 87.2 cm³/mol. The Kier molecular flexibility index (Phi) is 6.02. The first kappa shape index (κ1) is 16.3.